The Morgan fingerprint density at radius 3 is 2.79 bits per heavy atom. The molecular formula is C15H25N3S. The second-order valence-corrected chi connectivity index (χ2v) is 7.39. The van der Waals surface area contributed by atoms with E-state index < -0.39 is 0 Å². The summed E-state index contributed by atoms with van der Waals surface area (Å²) in [7, 11) is 0. The summed E-state index contributed by atoms with van der Waals surface area (Å²) >= 11 is 1.84. The molecule has 0 amide bonds. The number of rotatable bonds is 3. The lowest BCUT2D eigenvalue weighted by atomic mass is 9.93. The van der Waals surface area contributed by atoms with Gasteiger partial charge in [-0.15, -0.1) is 11.3 Å². The summed E-state index contributed by atoms with van der Waals surface area (Å²) in [6, 6.07) is 4.35. The molecule has 1 aliphatic heterocycles. The molecule has 1 aromatic rings. The van der Waals surface area contributed by atoms with Gasteiger partial charge in [0.05, 0.1) is 6.54 Å². The largest absolute Gasteiger partial charge is 0.357 e. The van der Waals surface area contributed by atoms with Crippen molar-refractivity contribution in [3.63, 3.8) is 0 Å². The van der Waals surface area contributed by atoms with Crippen molar-refractivity contribution < 1.29 is 0 Å². The van der Waals surface area contributed by atoms with E-state index in [2.05, 4.69) is 50.0 Å². The van der Waals surface area contributed by atoms with Crippen LogP contribution in [0.25, 0.3) is 0 Å². The lowest BCUT2D eigenvalue weighted by Crippen LogP contribution is -2.40. The van der Waals surface area contributed by atoms with E-state index in [1.807, 2.05) is 11.3 Å². The van der Waals surface area contributed by atoms with E-state index in [-0.39, 0.29) is 0 Å². The third-order valence-electron chi connectivity index (χ3n) is 3.49. The maximum atomic E-state index is 4.79. The summed E-state index contributed by atoms with van der Waals surface area (Å²) in [5, 5.41) is 3.42. The molecule has 0 atom stereocenters. The fourth-order valence-electron chi connectivity index (χ4n) is 2.44. The second kappa shape index (κ2) is 5.95. The molecular weight excluding hydrogens is 254 g/mol. The Balaban J connectivity index is 2.03. The highest BCUT2D eigenvalue weighted by Gasteiger charge is 2.30. The summed E-state index contributed by atoms with van der Waals surface area (Å²) < 4.78 is 0. The van der Waals surface area contributed by atoms with Crippen molar-refractivity contribution in [2.75, 3.05) is 19.6 Å². The maximum absolute atomic E-state index is 4.79. The van der Waals surface area contributed by atoms with E-state index in [1.165, 1.54) is 16.2 Å². The summed E-state index contributed by atoms with van der Waals surface area (Å²) in [6.45, 7) is 12.9. The van der Waals surface area contributed by atoms with Crippen LogP contribution in [-0.4, -0.2) is 30.5 Å². The highest BCUT2D eigenvalue weighted by Crippen LogP contribution is 2.28. The van der Waals surface area contributed by atoms with E-state index in [0.717, 1.165) is 32.1 Å². The van der Waals surface area contributed by atoms with Gasteiger partial charge >= 0.3 is 0 Å². The zero-order chi connectivity index (χ0) is 13.9. The Bertz CT molecular complexity index is 448. The van der Waals surface area contributed by atoms with Gasteiger partial charge in [-0.3, -0.25) is 0 Å². The number of aliphatic imine (C=N–C) groups is 1. The third kappa shape index (κ3) is 3.96. The SMILES string of the molecule is CCNC(=NCc1ccc(C)s1)N1CCC(C)(C)C1. The lowest BCUT2D eigenvalue weighted by Gasteiger charge is -2.23. The van der Waals surface area contributed by atoms with Crippen LogP contribution in [0.2, 0.25) is 0 Å². The van der Waals surface area contributed by atoms with Crippen LogP contribution < -0.4 is 5.32 Å². The quantitative estimate of drug-likeness (QED) is 0.679. The van der Waals surface area contributed by atoms with Gasteiger partial charge in [-0.2, -0.15) is 0 Å². The van der Waals surface area contributed by atoms with E-state index in [9.17, 15) is 0 Å². The molecule has 106 valence electrons. The van der Waals surface area contributed by atoms with Crippen molar-refractivity contribution in [3.8, 4) is 0 Å². The molecule has 1 N–H and O–H groups in total. The molecule has 1 aromatic heterocycles. The van der Waals surface area contributed by atoms with Gasteiger partial charge in [0, 0.05) is 29.4 Å². The lowest BCUT2D eigenvalue weighted by molar-refractivity contribution is 0.370. The van der Waals surface area contributed by atoms with E-state index in [1.54, 1.807) is 0 Å². The molecule has 3 nitrogen and oxygen atoms in total. The molecule has 1 fully saturated rings. The number of hydrogen-bond acceptors (Lipinski definition) is 2. The standard InChI is InChI=1S/C15H25N3S/c1-5-16-14(18-9-8-15(3,4)11-18)17-10-13-7-6-12(2)19-13/h6-7H,5,8-11H2,1-4H3,(H,16,17). The summed E-state index contributed by atoms with van der Waals surface area (Å²) in [6.07, 6.45) is 1.25. The van der Waals surface area contributed by atoms with E-state index in [4.69, 9.17) is 4.99 Å². The number of nitrogens with zero attached hydrogens (tertiary/aromatic N) is 2. The normalized spacial score (nSPS) is 18.9. The van der Waals surface area contributed by atoms with Crippen molar-refractivity contribution >= 4 is 17.3 Å². The topological polar surface area (TPSA) is 27.6 Å². The van der Waals surface area contributed by atoms with Crippen LogP contribution in [0.15, 0.2) is 17.1 Å². The molecule has 0 aliphatic carbocycles. The molecule has 0 unspecified atom stereocenters. The molecule has 1 saturated heterocycles. The minimum atomic E-state index is 0.412. The maximum Gasteiger partial charge on any atom is 0.194 e. The molecule has 19 heavy (non-hydrogen) atoms. The average molecular weight is 279 g/mol. The second-order valence-electron chi connectivity index (χ2n) is 6.02. The Labute approximate surface area is 120 Å². The molecule has 1 aliphatic rings. The van der Waals surface area contributed by atoms with Crippen molar-refractivity contribution in [2.24, 2.45) is 10.4 Å². The Morgan fingerprint density at radius 1 is 1.47 bits per heavy atom. The van der Waals surface area contributed by atoms with Crippen LogP contribution in [0.5, 0.6) is 0 Å². The Hall–Kier alpha value is -1.03. The van der Waals surface area contributed by atoms with Crippen LogP contribution >= 0.6 is 11.3 Å². The first-order chi connectivity index (χ1) is 9.00. The van der Waals surface area contributed by atoms with Gasteiger partial charge < -0.3 is 10.2 Å². The highest BCUT2D eigenvalue weighted by atomic mass is 32.1. The van der Waals surface area contributed by atoms with Crippen molar-refractivity contribution in [3.05, 3.63) is 21.9 Å². The number of likely N-dealkylation sites (tertiary alicyclic amines) is 1. The smallest absolute Gasteiger partial charge is 0.194 e. The molecule has 0 saturated carbocycles. The Kier molecular flexibility index (Phi) is 4.50. The fraction of sp³-hybridized carbons (Fsp3) is 0.667. The number of guanidine groups is 1. The molecule has 0 spiro atoms. The predicted molar refractivity (Wildman–Crippen MR) is 83.8 cm³/mol. The predicted octanol–water partition coefficient (Wildman–Crippen LogP) is 3.25. The van der Waals surface area contributed by atoms with Crippen LogP contribution in [0.1, 0.15) is 36.9 Å². The van der Waals surface area contributed by atoms with Gasteiger partial charge in [0.2, 0.25) is 0 Å². The molecule has 2 rings (SSSR count). The summed E-state index contributed by atoms with van der Waals surface area (Å²) in [4.78, 5) is 9.88. The summed E-state index contributed by atoms with van der Waals surface area (Å²) in [5.74, 6) is 1.07. The van der Waals surface area contributed by atoms with Crippen LogP contribution in [-0.2, 0) is 6.54 Å². The number of nitrogens with one attached hydrogen (secondary N) is 1. The van der Waals surface area contributed by atoms with Crippen molar-refractivity contribution in [1.82, 2.24) is 10.2 Å². The number of aryl methyl sites for hydroxylation is 1. The van der Waals surface area contributed by atoms with Gasteiger partial charge in [0.15, 0.2) is 5.96 Å². The fourth-order valence-corrected chi connectivity index (χ4v) is 3.26. The summed E-state index contributed by atoms with van der Waals surface area (Å²) in [5.41, 5.74) is 0.412. The van der Waals surface area contributed by atoms with Gasteiger partial charge in [0.25, 0.3) is 0 Å². The van der Waals surface area contributed by atoms with Crippen LogP contribution in [0.3, 0.4) is 0 Å². The highest BCUT2D eigenvalue weighted by molar-refractivity contribution is 7.11. The van der Waals surface area contributed by atoms with Gasteiger partial charge in [-0.05, 0) is 37.8 Å². The first-order valence-corrected chi connectivity index (χ1v) is 7.90. The number of hydrogen-bond donors (Lipinski definition) is 1. The minimum Gasteiger partial charge on any atom is -0.357 e. The minimum absolute atomic E-state index is 0.412. The van der Waals surface area contributed by atoms with Gasteiger partial charge in [-0.25, -0.2) is 4.99 Å². The first kappa shape index (κ1) is 14.4. The van der Waals surface area contributed by atoms with Gasteiger partial charge in [-0.1, -0.05) is 13.8 Å². The van der Waals surface area contributed by atoms with Crippen LogP contribution in [0.4, 0.5) is 0 Å². The Morgan fingerprint density at radius 2 is 2.26 bits per heavy atom. The van der Waals surface area contributed by atoms with E-state index >= 15 is 0 Å². The van der Waals surface area contributed by atoms with Crippen molar-refractivity contribution in [2.45, 2.75) is 40.7 Å². The van der Waals surface area contributed by atoms with E-state index in [0.29, 0.717) is 5.41 Å². The molecule has 4 heteroatoms. The number of thiophene rings is 1. The van der Waals surface area contributed by atoms with Crippen molar-refractivity contribution in [1.29, 1.82) is 0 Å². The first-order valence-electron chi connectivity index (χ1n) is 7.09. The third-order valence-corrected chi connectivity index (χ3v) is 4.48. The molecule has 0 radical (unpaired) electrons. The molecule has 2 heterocycles. The monoisotopic (exact) mass is 279 g/mol. The molecule has 0 bridgehead atoms. The zero-order valence-electron chi connectivity index (χ0n) is 12.5. The van der Waals surface area contributed by atoms with Crippen LogP contribution in [0, 0.1) is 12.3 Å². The average Bonchev–Trinajstić information content (AvgIpc) is 2.91. The molecule has 0 aromatic carbocycles. The zero-order valence-corrected chi connectivity index (χ0v) is 13.3. The van der Waals surface area contributed by atoms with Gasteiger partial charge in [0.1, 0.15) is 0 Å².